The molecule has 0 aliphatic heterocycles. The number of ether oxygens (including phenoxy) is 1. The van der Waals surface area contributed by atoms with E-state index in [2.05, 4.69) is 0 Å². The Morgan fingerprint density at radius 1 is 1.10 bits per heavy atom. The number of hydrogen-bond acceptors (Lipinski definition) is 2. The van der Waals surface area contributed by atoms with E-state index in [-0.39, 0.29) is 0 Å². The van der Waals surface area contributed by atoms with Crippen molar-refractivity contribution in [3.05, 3.63) is 64.7 Å². The first-order valence-corrected chi connectivity index (χ1v) is 6.96. The Morgan fingerprint density at radius 3 is 2.48 bits per heavy atom. The first-order valence-electron chi connectivity index (χ1n) is 6.96. The lowest BCUT2D eigenvalue weighted by Crippen LogP contribution is -2.41. The second kappa shape index (κ2) is 5.11. The number of nitrogens with two attached hydrogens (primary N) is 1. The Labute approximate surface area is 122 Å². The normalized spacial score (nSPS) is 21.0. The van der Waals surface area contributed by atoms with Gasteiger partial charge in [-0.05, 0) is 60.2 Å². The van der Waals surface area contributed by atoms with Crippen LogP contribution in [0.25, 0.3) is 0 Å². The molecule has 2 aromatic rings. The highest BCUT2D eigenvalue weighted by molar-refractivity contribution is 5.48. The summed E-state index contributed by atoms with van der Waals surface area (Å²) in [6, 6.07) is 9.23. The molecular formula is C17H17F2NO. The highest BCUT2D eigenvalue weighted by atomic mass is 19.1. The van der Waals surface area contributed by atoms with Gasteiger partial charge in [0.15, 0.2) is 0 Å². The Bertz CT molecular complexity index is 666. The van der Waals surface area contributed by atoms with E-state index < -0.39 is 17.2 Å². The van der Waals surface area contributed by atoms with E-state index in [1.165, 1.54) is 12.1 Å². The van der Waals surface area contributed by atoms with E-state index in [1.807, 2.05) is 18.2 Å². The van der Waals surface area contributed by atoms with Crippen LogP contribution in [0.1, 0.15) is 29.5 Å². The van der Waals surface area contributed by atoms with Crippen molar-refractivity contribution in [2.24, 2.45) is 5.73 Å². The Kier molecular flexibility index (Phi) is 3.41. The van der Waals surface area contributed by atoms with Gasteiger partial charge in [0.25, 0.3) is 0 Å². The fraction of sp³-hybridized carbons (Fsp3) is 0.294. The molecular weight excluding hydrogens is 272 g/mol. The summed E-state index contributed by atoms with van der Waals surface area (Å²) >= 11 is 0. The number of methoxy groups -OCH3 is 1. The molecule has 0 spiro atoms. The maximum atomic E-state index is 13.6. The number of halogens is 2. The quantitative estimate of drug-likeness (QED) is 0.918. The Balaban J connectivity index is 2.18. The summed E-state index contributed by atoms with van der Waals surface area (Å²) in [4.78, 5) is 0. The zero-order valence-electron chi connectivity index (χ0n) is 11.8. The van der Waals surface area contributed by atoms with Gasteiger partial charge in [-0.15, -0.1) is 0 Å². The fourth-order valence-electron chi connectivity index (χ4n) is 3.12. The minimum Gasteiger partial charge on any atom is -0.497 e. The van der Waals surface area contributed by atoms with Gasteiger partial charge in [0.05, 0.1) is 12.6 Å². The molecule has 2 nitrogen and oxygen atoms in total. The lowest BCUT2D eigenvalue weighted by atomic mass is 9.73. The largest absolute Gasteiger partial charge is 0.497 e. The molecule has 21 heavy (non-hydrogen) atoms. The fourth-order valence-corrected chi connectivity index (χ4v) is 3.12. The molecule has 0 amide bonds. The minimum atomic E-state index is -0.884. The zero-order chi connectivity index (χ0) is 15.0. The average molecular weight is 289 g/mol. The van der Waals surface area contributed by atoms with Gasteiger partial charge in [0.2, 0.25) is 0 Å². The molecule has 0 bridgehead atoms. The first kappa shape index (κ1) is 14.0. The van der Waals surface area contributed by atoms with Crippen LogP contribution in [-0.2, 0) is 12.0 Å². The summed E-state index contributed by atoms with van der Waals surface area (Å²) in [6.07, 6.45) is 2.44. The molecule has 2 N–H and O–H groups in total. The summed E-state index contributed by atoms with van der Waals surface area (Å²) < 4.78 is 32.4. The van der Waals surface area contributed by atoms with Gasteiger partial charge in [0, 0.05) is 6.07 Å². The number of hydrogen-bond donors (Lipinski definition) is 1. The second-order valence-electron chi connectivity index (χ2n) is 5.51. The molecule has 1 atom stereocenters. The molecule has 3 rings (SSSR count). The van der Waals surface area contributed by atoms with Gasteiger partial charge in [-0.3, -0.25) is 0 Å². The molecule has 0 aromatic heterocycles. The van der Waals surface area contributed by atoms with Crippen molar-refractivity contribution in [3.63, 3.8) is 0 Å². The molecule has 2 aromatic carbocycles. The SMILES string of the molecule is COc1ccc2c(c1)C(N)(c1cc(F)cc(F)c1)CCC2. The standard InChI is InChI=1S/C17H17F2NO/c1-21-15-5-4-11-3-2-6-17(20,16(11)10-15)12-7-13(18)9-14(19)8-12/h4-5,7-10H,2-3,6,20H2,1H3. The van der Waals surface area contributed by atoms with Crippen molar-refractivity contribution < 1.29 is 13.5 Å². The van der Waals surface area contributed by atoms with Crippen LogP contribution in [0.4, 0.5) is 8.78 Å². The predicted octanol–water partition coefficient (Wildman–Crippen LogP) is 3.51. The van der Waals surface area contributed by atoms with Crippen LogP contribution in [0.2, 0.25) is 0 Å². The maximum absolute atomic E-state index is 13.6. The van der Waals surface area contributed by atoms with E-state index in [1.54, 1.807) is 7.11 Å². The lowest BCUT2D eigenvalue weighted by Gasteiger charge is -2.36. The van der Waals surface area contributed by atoms with Crippen molar-refractivity contribution in [1.29, 1.82) is 0 Å². The Hall–Kier alpha value is -1.94. The zero-order valence-corrected chi connectivity index (χ0v) is 11.8. The van der Waals surface area contributed by atoms with E-state index >= 15 is 0 Å². The second-order valence-corrected chi connectivity index (χ2v) is 5.51. The Morgan fingerprint density at radius 2 is 1.81 bits per heavy atom. The van der Waals surface area contributed by atoms with Crippen LogP contribution in [0.3, 0.4) is 0 Å². The third kappa shape index (κ3) is 2.40. The highest BCUT2D eigenvalue weighted by Gasteiger charge is 2.35. The lowest BCUT2D eigenvalue weighted by molar-refractivity contribution is 0.403. The summed E-state index contributed by atoms with van der Waals surface area (Å²) in [5.74, 6) is -0.517. The molecule has 0 saturated carbocycles. The minimum absolute atomic E-state index is 0.467. The van der Waals surface area contributed by atoms with E-state index in [0.29, 0.717) is 17.7 Å². The van der Waals surface area contributed by atoms with Crippen LogP contribution < -0.4 is 10.5 Å². The molecule has 4 heteroatoms. The van der Waals surface area contributed by atoms with Gasteiger partial charge in [-0.1, -0.05) is 6.07 Å². The molecule has 1 unspecified atom stereocenters. The van der Waals surface area contributed by atoms with Crippen molar-refractivity contribution in [2.75, 3.05) is 7.11 Å². The molecule has 0 radical (unpaired) electrons. The molecule has 0 saturated heterocycles. The van der Waals surface area contributed by atoms with E-state index in [4.69, 9.17) is 10.5 Å². The molecule has 110 valence electrons. The monoisotopic (exact) mass is 289 g/mol. The number of rotatable bonds is 2. The van der Waals surface area contributed by atoms with Gasteiger partial charge >= 0.3 is 0 Å². The summed E-state index contributed by atoms with van der Waals surface area (Å²) in [5.41, 5.74) is 8.14. The number of aryl methyl sites for hydroxylation is 1. The highest BCUT2D eigenvalue weighted by Crippen LogP contribution is 2.40. The smallest absolute Gasteiger partial charge is 0.126 e. The van der Waals surface area contributed by atoms with E-state index in [0.717, 1.165) is 30.0 Å². The van der Waals surface area contributed by atoms with Crippen LogP contribution >= 0.6 is 0 Å². The third-order valence-electron chi connectivity index (χ3n) is 4.19. The van der Waals surface area contributed by atoms with Gasteiger partial charge in [0.1, 0.15) is 17.4 Å². The van der Waals surface area contributed by atoms with Crippen LogP contribution in [0.15, 0.2) is 36.4 Å². The molecule has 1 aliphatic rings. The molecule has 1 aliphatic carbocycles. The molecule has 0 fully saturated rings. The average Bonchev–Trinajstić information content (AvgIpc) is 2.46. The third-order valence-corrected chi connectivity index (χ3v) is 4.19. The van der Waals surface area contributed by atoms with Crippen molar-refractivity contribution >= 4 is 0 Å². The van der Waals surface area contributed by atoms with Gasteiger partial charge < -0.3 is 10.5 Å². The van der Waals surface area contributed by atoms with E-state index in [9.17, 15) is 8.78 Å². The maximum Gasteiger partial charge on any atom is 0.126 e. The summed E-state index contributed by atoms with van der Waals surface area (Å²) in [7, 11) is 1.59. The molecule has 0 heterocycles. The topological polar surface area (TPSA) is 35.2 Å². The number of benzene rings is 2. The van der Waals surface area contributed by atoms with Crippen LogP contribution in [-0.4, -0.2) is 7.11 Å². The van der Waals surface area contributed by atoms with Crippen molar-refractivity contribution in [2.45, 2.75) is 24.8 Å². The van der Waals surface area contributed by atoms with Gasteiger partial charge in [-0.25, -0.2) is 8.78 Å². The van der Waals surface area contributed by atoms with Crippen LogP contribution in [0.5, 0.6) is 5.75 Å². The first-order chi connectivity index (χ1) is 10.0. The van der Waals surface area contributed by atoms with Crippen molar-refractivity contribution in [3.8, 4) is 5.75 Å². The van der Waals surface area contributed by atoms with Gasteiger partial charge in [-0.2, -0.15) is 0 Å². The predicted molar refractivity (Wildman–Crippen MR) is 77.3 cm³/mol. The summed E-state index contributed by atoms with van der Waals surface area (Å²) in [5, 5.41) is 0. The summed E-state index contributed by atoms with van der Waals surface area (Å²) in [6.45, 7) is 0. The van der Waals surface area contributed by atoms with Crippen LogP contribution in [0, 0.1) is 11.6 Å². The number of fused-ring (bicyclic) bond motifs is 1. The van der Waals surface area contributed by atoms with Crippen molar-refractivity contribution in [1.82, 2.24) is 0 Å².